The first-order chi connectivity index (χ1) is 40.4. The first-order valence-corrected chi connectivity index (χ1v) is 37.0. The Balaban J connectivity index is 5.15. The van der Waals surface area contributed by atoms with Gasteiger partial charge in [-0.15, -0.1) is 0 Å². The van der Waals surface area contributed by atoms with E-state index in [0.29, 0.717) is 25.7 Å². The average Bonchev–Trinajstić information content (AvgIpc) is 3.46. The van der Waals surface area contributed by atoms with Crippen molar-refractivity contribution >= 4 is 39.5 Å². The van der Waals surface area contributed by atoms with Crippen LogP contribution in [0.4, 0.5) is 0 Å². The minimum Gasteiger partial charge on any atom is -0.462 e. The number of ether oxygens (including phenoxy) is 4. The Kier molecular flexibility index (Phi) is 56.2. The molecule has 0 aliphatic heterocycles. The fourth-order valence-electron chi connectivity index (χ4n) is 9.71. The zero-order valence-electron chi connectivity index (χ0n) is 54.2. The van der Waals surface area contributed by atoms with E-state index in [9.17, 15) is 43.2 Å². The quantitative estimate of drug-likeness (QED) is 0.0222. The topological polar surface area (TPSA) is 237 Å². The summed E-state index contributed by atoms with van der Waals surface area (Å²) < 4.78 is 67.8. The van der Waals surface area contributed by atoms with Crippen molar-refractivity contribution in [3.8, 4) is 0 Å². The molecular weight excluding hydrogens is 1110 g/mol. The maximum absolute atomic E-state index is 13.0. The van der Waals surface area contributed by atoms with Gasteiger partial charge in [0.2, 0.25) is 0 Å². The van der Waals surface area contributed by atoms with Gasteiger partial charge in [-0.2, -0.15) is 0 Å². The van der Waals surface area contributed by atoms with E-state index in [4.69, 9.17) is 37.0 Å². The molecule has 0 aromatic rings. The van der Waals surface area contributed by atoms with Gasteiger partial charge in [0.05, 0.1) is 26.4 Å². The number of hydrogen-bond acceptors (Lipinski definition) is 15. The Morgan fingerprint density at radius 2 is 0.548 bits per heavy atom. The molecule has 0 aromatic heterocycles. The molecule has 0 saturated carbocycles. The highest BCUT2D eigenvalue weighted by Gasteiger charge is 2.30. The number of carbonyl (C=O) groups excluding carboxylic acids is 4. The molecular formula is C65H126O17P2. The van der Waals surface area contributed by atoms with Crippen molar-refractivity contribution in [2.75, 3.05) is 39.6 Å². The lowest BCUT2D eigenvalue weighted by Gasteiger charge is -2.21. The summed E-state index contributed by atoms with van der Waals surface area (Å²) in [6.45, 7) is 9.42. The van der Waals surface area contributed by atoms with E-state index in [1.807, 2.05) is 0 Å². The number of phosphoric acid groups is 2. The number of carbonyl (C=O) groups is 4. The van der Waals surface area contributed by atoms with Gasteiger partial charge in [0.1, 0.15) is 19.3 Å². The summed E-state index contributed by atoms with van der Waals surface area (Å²) in [6.07, 6.45) is 40.7. The Hall–Kier alpha value is -1.94. The second-order valence-electron chi connectivity index (χ2n) is 24.5. The van der Waals surface area contributed by atoms with Gasteiger partial charge in [-0.25, -0.2) is 9.13 Å². The standard InChI is InChI=1S/C65H126O17P2/c1-7-9-11-13-14-30-37-43-49-64(69)81-60(53-75-62(67)47-41-33-12-10-8-2)55-79-83(71,72)77-51-59(66)52-78-84(73,74)80-56-61(54-76-63(68)48-42-36-31-26-23-19-21-25-29-35-40-46-58(5)6)82-65(70)50-44-38-32-27-22-18-16-15-17-20-24-28-34-39-45-57(3)4/h57-61,66H,7-56H2,1-6H3,(H,71,72)(H,73,74)/t59-,60+,61+/m0/s1. The van der Waals surface area contributed by atoms with Crippen molar-refractivity contribution in [3.63, 3.8) is 0 Å². The number of aliphatic hydroxyl groups is 1. The fourth-order valence-corrected chi connectivity index (χ4v) is 11.3. The molecule has 5 atom stereocenters. The van der Waals surface area contributed by atoms with Gasteiger partial charge in [-0.05, 0) is 37.5 Å². The first kappa shape index (κ1) is 82.1. The van der Waals surface area contributed by atoms with Crippen LogP contribution in [0, 0.1) is 11.8 Å². The van der Waals surface area contributed by atoms with E-state index >= 15 is 0 Å². The molecule has 0 radical (unpaired) electrons. The molecule has 0 aromatic carbocycles. The van der Waals surface area contributed by atoms with Gasteiger partial charge >= 0.3 is 39.5 Å². The van der Waals surface area contributed by atoms with E-state index in [2.05, 4.69) is 41.5 Å². The van der Waals surface area contributed by atoms with Crippen molar-refractivity contribution in [1.82, 2.24) is 0 Å². The van der Waals surface area contributed by atoms with Gasteiger partial charge in [-0.1, -0.05) is 273 Å². The minimum atomic E-state index is -4.94. The van der Waals surface area contributed by atoms with Crippen LogP contribution >= 0.6 is 15.6 Å². The molecule has 0 rings (SSSR count). The average molecular weight is 1240 g/mol. The van der Waals surface area contributed by atoms with Gasteiger partial charge < -0.3 is 33.8 Å². The van der Waals surface area contributed by atoms with Crippen LogP contribution in [0.2, 0.25) is 0 Å². The molecule has 0 aliphatic rings. The van der Waals surface area contributed by atoms with E-state index in [1.165, 1.54) is 128 Å². The predicted octanol–water partition coefficient (Wildman–Crippen LogP) is 18.0. The number of rotatable bonds is 64. The van der Waals surface area contributed by atoms with Crippen molar-refractivity contribution in [2.45, 2.75) is 342 Å². The summed E-state index contributed by atoms with van der Waals surface area (Å²) in [5.74, 6) is -0.579. The van der Waals surface area contributed by atoms with Crippen LogP contribution in [-0.2, 0) is 65.4 Å². The maximum Gasteiger partial charge on any atom is 0.472 e. The molecule has 0 saturated heterocycles. The number of hydrogen-bond donors (Lipinski definition) is 3. The summed E-state index contributed by atoms with van der Waals surface area (Å²) in [5, 5.41) is 10.5. The molecule has 0 spiro atoms. The number of esters is 4. The van der Waals surface area contributed by atoms with Gasteiger partial charge in [0, 0.05) is 25.7 Å². The summed E-state index contributed by atoms with van der Waals surface area (Å²) >= 11 is 0. The van der Waals surface area contributed by atoms with E-state index in [0.717, 1.165) is 115 Å². The van der Waals surface area contributed by atoms with Crippen LogP contribution in [0.15, 0.2) is 0 Å². The van der Waals surface area contributed by atoms with Crippen molar-refractivity contribution in [1.29, 1.82) is 0 Å². The Bertz CT molecular complexity index is 1650. The molecule has 498 valence electrons. The van der Waals surface area contributed by atoms with Gasteiger partial charge in [0.25, 0.3) is 0 Å². The maximum atomic E-state index is 13.0. The van der Waals surface area contributed by atoms with E-state index in [-0.39, 0.29) is 25.7 Å². The van der Waals surface area contributed by atoms with Crippen LogP contribution in [0.1, 0.15) is 324 Å². The second-order valence-corrected chi connectivity index (χ2v) is 27.4. The largest absolute Gasteiger partial charge is 0.472 e. The Morgan fingerprint density at radius 1 is 0.321 bits per heavy atom. The lowest BCUT2D eigenvalue weighted by molar-refractivity contribution is -0.161. The number of unbranched alkanes of at least 4 members (excludes halogenated alkanes) is 34. The van der Waals surface area contributed by atoms with Gasteiger partial charge in [0.15, 0.2) is 12.2 Å². The Labute approximate surface area is 511 Å². The van der Waals surface area contributed by atoms with Crippen molar-refractivity contribution < 1.29 is 80.2 Å². The van der Waals surface area contributed by atoms with Crippen LogP contribution in [-0.4, -0.2) is 96.7 Å². The summed E-state index contributed by atoms with van der Waals surface area (Å²) in [6, 6.07) is 0. The minimum absolute atomic E-state index is 0.104. The van der Waals surface area contributed by atoms with Crippen LogP contribution < -0.4 is 0 Å². The molecule has 19 heteroatoms. The Morgan fingerprint density at radius 3 is 0.810 bits per heavy atom. The summed E-state index contributed by atoms with van der Waals surface area (Å²) in [5.41, 5.74) is 0. The van der Waals surface area contributed by atoms with E-state index < -0.39 is 97.5 Å². The zero-order chi connectivity index (χ0) is 62.2. The number of phosphoric ester groups is 2. The first-order valence-electron chi connectivity index (χ1n) is 34.0. The predicted molar refractivity (Wildman–Crippen MR) is 335 cm³/mol. The molecule has 0 fully saturated rings. The molecule has 84 heavy (non-hydrogen) atoms. The van der Waals surface area contributed by atoms with E-state index in [1.54, 1.807) is 0 Å². The van der Waals surface area contributed by atoms with Crippen molar-refractivity contribution in [3.05, 3.63) is 0 Å². The van der Waals surface area contributed by atoms with Gasteiger partial charge in [-0.3, -0.25) is 37.3 Å². The molecule has 2 unspecified atom stereocenters. The normalized spacial score (nSPS) is 14.3. The fraction of sp³-hybridized carbons (Fsp3) is 0.938. The van der Waals surface area contributed by atoms with Crippen LogP contribution in [0.25, 0.3) is 0 Å². The SMILES string of the molecule is CCCCCCCCCCC(=O)O[C@H](COC(=O)CCCCCCC)COP(=O)(O)OC[C@H](O)COP(=O)(O)OC[C@@H](COC(=O)CCCCCCCCCCCCCC(C)C)OC(=O)CCCCCCCCCCCCCCCCC(C)C. The molecule has 0 bridgehead atoms. The van der Waals surface area contributed by atoms with Crippen LogP contribution in [0.3, 0.4) is 0 Å². The highest BCUT2D eigenvalue weighted by Crippen LogP contribution is 2.45. The smallest absolute Gasteiger partial charge is 0.462 e. The highest BCUT2D eigenvalue weighted by atomic mass is 31.2. The summed E-state index contributed by atoms with van der Waals surface area (Å²) in [7, 11) is -9.88. The number of aliphatic hydroxyl groups excluding tert-OH is 1. The van der Waals surface area contributed by atoms with Crippen molar-refractivity contribution in [2.24, 2.45) is 11.8 Å². The molecule has 17 nitrogen and oxygen atoms in total. The monoisotopic (exact) mass is 1240 g/mol. The lowest BCUT2D eigenvalue weighted by Crippen LogP contribution is -2.30. The third kappa shape index (κ3) is 59.0. The molecule has 3 N–H and O–H groups in total. The van der Waals surface area contributed by atoms with Crippen LogP contribution in [0.5, 0.6) is 0 Å². The second kappa shape index (κ2) is 57.5. The molecule has 0 amide bonds. The third-order valence-electron chi connectivity index (χ3n) is 15.0. The summed E-state index contributed by atoms with van der Waals surface area (Å²) in [4.78, 5) is 71.9. The molecule has 0 heterocycles. The highest BCUT2D eigenvalue weighted by molar-refractivity contribution is 7.47. The molecule has 0 aliphatic carbocycles. The zero-order valence-corrected chi connectivity index (χ0v) is 56.0. The lowest BCUT2D eigenvalue weighted by atomic mass is 10.0. The third-order valence-corrected chi connectivity index (χ3v) is 16.9.